The molecule has 160 valence electrons. The highest BCUT2D eigenvalue weighted by molar-refractivity contribution is 6.07. The number of aromatic nitrogens is 1. The fraction of sp³-hybridized carbons (Fsp3) is 0.115. The first-order valence-electron chi connectivity index (χ1n) is 10.1. The van der Waals surface area contributed by atoms with Crippen molar-refractivity contribution >= 4 is 28.5 Å². The van der Waals surface area contributed by atoms with E-state index >= 15 is 0 Å². The van der Waals surface area contributed by atoms with Gasteiger partial charge in [0.15, 0.2) is 6.61 Å². The number of pyridine rings is 1. The largest absolute Gasteiger partial charge is 0.452 e. The Morgan fingerprint density at radius 2 is 1.62 bits per heavy atom. The Kier molecular flexibility index (Phi) is 5.94. The maximum absolute atomic E-state index is 13.0. The third-order valence-electron chi connectivity index (χ3n) is 5.13. The van der Waals surface area contributed by atoms with Gasteiger partial charge in [0.1, 0.15) is 5.82 Å². The molecule has 6 heteroatoms. The van der Waals surface area contributed by atoms with Gasteiger partial charge in [-0.15, -0.1) is 0 Å². The monoisotopic (exact) mass is 428 g/mol. The van der Waals surface area contributed by atoms with Crippen LogP contribution in [0.2, 0.25) is 0 Å². The molecule has 4 aromatic rings. The predicted molar refractivity (Wildman–Crippen MR) is 122 cm³/mol. The first-order chi connectivity index (χ1) is 15.4. The van der Waals surface area contributed by atoms with Crippen molar-refractivity contribution in [1.82, 2.24) is 4.98 Å². The third kappa shape index (κ3) is 4.49. The second kappa shape index (κ2) is 8.98. The summed E-state index contributed by atoms with van der Waals surface area (Å²) in [6, 6.07) is 20.6. The Bertz CT molecular complexity index is 1300. The minimum Gasteiger partial charge on any atom is -0.452 e. The van der Waals surface area contributed by atoms with Gasteiger partial charge in [0.05, 0.1) is 16.8 Å². The lowest BCUT2D eigenvalue weighted by Crippen LogP contribution is -2.21. The highest BCUT2D eigenvalue weighted by Gasteiger charge is 2.21. The van der Waals surface area contributed by atoms with Gasteiger partial charge in [-0.25, -0.2) is 14.2 Å². The standard InChI is InChI=1S/C26H21FN2O3/c1-16-7-9-18(10-8-16)25-17(2)24(21-5-3-4-6-22(21)29-25)26(31)32-15-23(30)28-20-13-11-19(27)12-14-20/h3-14H,15H2,1-2H3,(H,28,30). The van der Waals surface area contributed by atoms with Crippen LogP contribution in [0, 0.1) is 19.7 Å². The van der Waals surface area contributed by atoms with Crippen LogP contribution in [-0.4, -0.2) is 23.5 Å². The third-order valence-corrected chi connectivity index (χ3v) is 5.13. The van der Waals surface area contributed by atoms with Crippen LogP contribution in [0.15, 0.2) is 72.8 Å². The zero-order valence-electron chi connectivity index (χ0n) is 17.7. The molecule has 1 aromatic heterocycles. The number of aryl methyl sites for hydroxylation is 1. The molecule has 1 N–H and O–H groups in total. The number of hydrogen-bond donors (Lipinski definition) is 1. The van der Waals surface area contributed by atoms with E-state index in [9.17, 15) is 14.0 Å². The zero-order valence-corrected chi connectivity index (χ0v) is 17.7. The number of nitrogens with one attached hydrogen (secondary N) is 1. The van der Waals surface area contributed by atoms with Gasteiger partial charge >= 0.3 is 5.97 Å². The van der Waals surface area contributed by atoms with Crippen LogP contribution in [0.1, 0.15) is 21.5 Å². The zero-order chi connectivity index (χ0) is 22.7. The number of amides is 1. The Morgan fingerprint density at radius 1 is 0.938 bits per heavy atom. The number of esters is 1. The number of benzene rings is 3. The van der Waals surface area contributed by atoms with E-state index in [-0.39, 0.29) is 0 Å². The summed E-state index contributed by atoms with van der Waals surface area (Å²) in [6.07, 6.45) is 0. The van der Waals surface area contributed by atoms with E-state index in [4.69, 9.17) is 9.72 Å². The number of carbonyl (C=O) groups is 2. The molecule has 5 nitrogen and oxygen atoms in total. The molecule has 0 fully saturated rings. The highest BCUT2D eigenvalue weighted by Crippen LogP contribution is 2.30. The molecule has 0 unspecified atom stereocenters. The molecule has 0 aliphatic heterocycles. The van der Waals surface area contributed by atoms with Crippen LogP contribution >= 0.6 is 0 Å². The summed E-state index contributed by atoms with van der Waals surface area (Å²) in [5.74, 6) is -1.53. The number of halogens is 1. The minimum atomic E-state index is -0.608. The van der Waals surface area contributed by atoms with Crippen molar-refractivity contribution in [1.29, 1.82) is 0 Å². The van der Waals surface area contributed by atoms with Gasteiger partial charge < -0.3 is 10.1 Å². The van der Waals surface area contributed by atoms with Crippen molar-refractivity contribution in [3.63, 3.8) is 0 Å². The number of carbonyl (C=O) groups excluding carboxylic acids is 2. The van der Waals surface area contributed by atoms with Crippen molar-refractivity contribution < 1.29 is 18.7 Å². The molecule has 3 aromatic carbocycles. The number of ether oxygens (including phenoxy) is 1. The van der Waals surface area contributed by atoms with Crippen LogP contribution in [0.4, 0.5) is 10.1 Å². The highest BCUT2D eigenvalue weighted by atomic mass is 19.1. The van der Waals surface area contributed by atoms with E-state index in [1.54, 1.807) is 0 Å². The average Bonchev–Trinajstić information content (AvgIpc) is 2.79. The summed E-state index contributed by atoms with van der Waals surface area (Å²) in [5, 5.41) is 3.23. The molecule has 0 saturated carbocycles. The molecular formula is C26H21FN2O3. The molecule has 4 rings (SSSR count). The molecule has 0 aliphatic carbocycles. The molecule has 0 saturated heterocycles. The van der Waals surface area contributed by atoms with Crippen LogP contribution in [0.5, 0.6) is 0 Å². The van der Waals surface area contributed by atoms with E-state index in [1.165, 1.54) is 24.3 Å². The van der Waals surface area contributed by atoms with Gasteiger partial charge in [0, 0.05) is 16.6 Å². The minimum absolute atomic E-state index is 0.376. The van der Waals surface area contributed by atoms with Crippen LogP contribution in [0.25, 0.3) is 22.2 Å². The molecule has 1 amide bonds. The van der Waals surface area contributed by atoms with E-state index in [2.05, 4.69) is 5.32 Å². The van der Waals surface area contributed by atoms with E-state index < -0.39 is 24.3 Å². The van der Waals surface area contributed by atoms with Crippen LogP contribution in [-0.2, 0) is 9.53 Å². The maximum atomic E-state index is 13.0. The van der Waals surface area contributed by atoms with Crippen molar-refractivity contribution in [3.05, 3.63) is 95.3 Å². The second-order valence-corrected chi connectivity index (χ2v) is 7.47. The smallest absolute Gasteiger partial charge is 0.339 e. The Morgan fingerprint density at radius 3 is 2.34 bits per heavy atom. The Balaban J connectivity index is 1.61. The quantitative estimate of drug-likeness (QED) is 0.429. The normalized spacial score (nSPS) is 10.7. The van der Waals surface area contributed by atoms with Crippen LogP contribution in [0.3, 0.4) is 0 Å². The van der Waals surface area contributed by atoms with Gasteiger partial charge in [-0.05, 0) is 49.7 Å². The van der Waals surface area contributed by atoms with Gasteiger partial charge in [0.25, 0.3) is 5.91 Å². The van der Waals surface area contributed by atoms with Gasteiger partial charge in [-0.1, -0.05) is 48.0 Å². The molecule has 0 atom stereocenters. The number of rotatable bonds is 5. The lowest BCUT2D eigenvalue weighted by molar-refractivity contribution is -0.119. The first kappa shape index (κ1) is 21.2. The maximum Gasteiger partial charge on any atom is 0.339 e. The lowest BCUT2D eigenvalue weighted by atomic mass is 9.97. The second-order valence-electron chi connectivity index (χ2n) is 7.47. The SMILES string of the molecule is Cc1ccc(-c2nc3ccccc3c(C(=O)OCC(=O)Nc3ccc(F)cc3)c2C)cc1. The fourth-order valence-electron chi connectivity index (χ4n) is 3.50. The predicted octanol–water partition coefficient (Wildman–Crippen LogP) is 5.45. The summed E-state index contributed by atoms with van der Waals surface area (Å²) in [5.41, 5.74) is 4.83. The number of anilines is 1. The summed E-state index contributed by atoms with van der Waals surface area (Å²) in [4.78, 5) is 30.0. The number of fused-ring (bicyclic) bond motifs is 1. The topological polar surface area (TPSA) is 68.3 Å². The van der Waals surface area contributed by atoms with E-state index in [0.29, 0.717) is 33.4 Å². The van der Waals surface area contributed by atoms with Crippen LogP contribution < -0.4 is 5.32 Å². The molecule has 1 heterocycles. The average molecular weight is 428 g/mol. The molecule has 0 aliphatic rings. The summed E-state index contributed by atoms with van der Waals surface area (Å²) in [7, 11) is 0. The molecule has 0 bridgehead atoms. The molecule has 0 radical (unpaired) electrons. The number of para-hydroxylation sites is 1. The molecule has 32 heavy (non-hydrogen) atoms. The summed E-state index contributed by atoms with van der Waals surface area (Å²) in [6.45, 7) is 3.36. The van der Waals surface area contributed by atoms with Gasteiger partial charge in [0.2, 0.25) is 0 Å². The summed E-state index contributed by atoms with van der Waals surface area (Å²) >= 11 is 0. The van der Waals surface area contributed by atoms with Crippen molar-refractivity contribution in [3.8, 4) is 11.3 Å². The van der Waals surface area contributed by atoms with Crippen molar-refractivity contribution in [2.24, 2.45) is 0 Å². The molecule has 0 spiro atoms. The van der Waals surface area contributed by atoms with E-state index in [0.717, 1.165) is 11.1 Å². The van der Waals surface area contributed by atoms with Crippen molar-refractivity contribution in [2.45, 2.75) is 13.8 Å². The van der Waals surface area contributed by atoms with Gasteiger partial charge in [-0.3, -0.25) is 4.79 Å². The number of hydrogen-bond acceptors (Lipinski definition) is 4. The Labute approximate surface area is 184 Å². The summed E-state index contributed by atoms with van der Waals surface area (Å²) < 4.78 is 18.4. The lowest BCUT2D eigenvalue weighted by Gasteiger charge is -2.14. The molecular weight excluding hydrogens is 407 g/mol. The fourth-order valence-corrected chi connectivity index (χ4v) is 3.50. The van der Waals surface area contributed by atoms with Crippen molar-refractivity contribution in [2.75, 3.05) is 11.9 Å². The Hall–Kier alpha value is -4.06. The van der Waals surface area contributed by atoms with Gasteiger partial charge in [-0.2, -0.15) is 0 Å². The first-order valence-corrected chi connectivity index (χ1v) is 10.1. The van der Waals surface area contributed by atoms with E-state index in [1.807, 2.05) is 62.4 Å². The number of nitrogens with zero attached hydrogens (tertiary/aromatic N) is 1.